The average Bonchev–Trinajstić information content (AvgIpc) is 2.87. The number of nitrogens with one attached hydrogen (secondary N) is 2. The van der Waals surface area contributed by atoms with Gasteiger partial charge in [-0.05, 0) is 43.5 Å². The predicted molar refractivity (Wildman–Crippen MR) is 83.9 cm³/mol. The van der Waals surface area contributed by atoms with Gasteiger partial charge in [-0.15, -0.1) is 0 Å². The molecule has 21 heavy (non-hydrogen) atoms. The monoisotopic (exact) mass is 289 g/mol. The number of carbonyl (C=O) groups excluding carboxylic acids is 2. The van der Waals surface area contributed by atoms with E-state index in [0.717, 1.165) is 30.6 Å². The second kappa shape index (κ2) is 6.72. The van der Waals surface area contributed by atoms with E-state index in [1.165, 1.54) is 0 Å². The molecule has 0 saturated heterocycles. The van der Waals surface area contributed by atoms with Gasteiger partial charge in [0.2, 0.25) is 11.8 Å². The van der Waals surface area contributed by atoms with Gasteiger partial charge in [0.1, 0.15) is 0 Å². The average molecular weight is 289 g/mol. The van der Waals surface area contributed by atoms with E-state index in [4.69, 9.17) is 5.73 Å². The van der Waals surface area contributed by atoms with Crippen molar-refractivity contribution in [1.29, 1.82) is 0 Å². The maximum absolute atomic E-state index is 12.1. The molecule has 0 heterocycles. The highest BCUT2D eigenvalue weighted by Gasteiger charge is 2.27. The fourth-order valence-electron chi connectivity index (χ4n) is 2.42. The van der Waals surface area contributed by atoms with Crippen molar-refractivity contribution in [3.05, 3.63) is 24.3 Å². The van der Waals surface area contributed by atoms with Crippen molar-refractivity contribution in [2.45, 2.75) is 39.2 Å². The lowest BCUT2D eigenvalue weighted by molar-refractivity contribution is -0.120. The van der Waals surface area contributed by atoms with Gasteiger partial charge in [-0.2, -0.15) is 0 Å². The van der Waals surface area contributed by atoms with E-state index in [-0.39, 0.29) is 29.7 Å². The molecule has 1 aromatic rings. The number of carbonyl (C=O) groups is 2. The van der Waals surface area contributed by atoms with Crippen LogP contribution in [0.25, 0.3) is 0 Å². The standard InChI is InChI=1S/C16H23N3O2/c1-10(2)15(20)18-13-5-7-14(8-6-13)19-16(21)11-3-4-12(17)9-11/h5-8,10-12H,3-4,9,17H2,1-2H3,(H,18,20)(H,19,21). The quantitative estimate of drug-likeness (QED) is 0.795. The SMILES string of the molecule is CC(C)C(=O)Nc1ccc(NC(=O)C2CCC(N)C2)cc1. The van der Waals surface area contributed by atoms with Crippen LogP contribution in [-0.2, 0) is 9.59 Å². The molecule has 0 aliphatic heterocycles. The summed E-state index contributed by atoms with van der Waals surface area (Å²) in [6, 6.07) is 7.31. The van der Waals surface area contributed by atoms with Gasteiger partial charge in [0.25, 0.3) is 0 Å². The fourth-order valence-corrected chi connectivity index (χ4v) is 2.42. The maximum Gasteiger partial charge on any atom is 0.227 e. The van der Waals surface area contributed by atoms with Crippen LogP contribution in [0.2, 0.25) is 0 Å². The number of hydrogen-bond donors (Lipinski definition) is 3. The second-order valence-electron chi connectivity index (χ2n) is 5.98. The number of anilines is 2. The van der Waals surface area contributed by atoms with Crippen molar-refractivity contribution in [2.24, 2.45) is 17.6 Å². The van der Waals surface area contributed by atoms with Crippen LogP contribution in [-0.4, -0.2) is 17.9 Å². The lowest BCUT2D eigenvalue weighted by atomic mass is 10.1. The highest BCUT2D eigenvalue weighted by molar-refractivity contribution is 5.94. The summed E-state index contributed by atoms with van der Waals surface area (Å²) in [5.74, 6) is -0.0371. The van der Waals surface area contributed by atoms with E-state index < -0.39 is 0 Å². The summed E-state index contributed by atoms with van der Waals surface area (Å²) >= 11 is 0. The van der Waals surface area contributed by atoms with Crippen LogP contribution < -0.4 is 16.4 Å². The highest BCUT2D eigenvalue weighted by Crippen LogP contribution is 2.25. The Balaban J connectivity index is 1.90. The zero-order valence-corrected chi connectivity index (χ0v) is 12.6. The van der Waals surface area contributed by atoms with E-state index in [9.17, 15) is 9.59 Å². The van der Waals surface area contributed by atoms with Gasteiger partial charge in [0, 0.05) is 29.3 Å². The summed E-state index contributed by atoms with van der Waals surface area (Å²) in [7, 11) is 0. The third-order valence-electron chi connectivity index (χ3n) is 3.79. The molecule has 1 fully saturated rings. The Morgan fingerprint density at radius 1 is 1.10 bits per heavy atom. The number of rotatable bonds is 4. The molecule has 5 heteroatoms. The van der Waals surface area contributed by atoms with Crippen LogP contribution >= 0.6 is 0 Å². The lowest BCUT2D eigenvalue weighted by Gasteiger charge is -2.12. The smallest absolute Gasteiger partial charge is 0.227 e. The Labute approximate surface area is 125 Å². The first kappa shape index (κ1) is 15.5. The third-order valence-corrected chi connectivity index (χ3v) is 3.79. The molecule has 2 amide bonds. The molecule has 1 saturated carbocycles. The van der Waals surface area contributed by atoms with Crippen LogP contribution in [0, 0.1) is 11.8 Å². The van der Waals surface area contributed by atoms with Crippen molar-refractivity contribution < 1.29 is 9.59 Å². The topological polar surface area (TPSA) is 84.2 Å². The summed E-state index contributed by atoms with van der Waals surface area (Å²) < 4.78 is 0. The fraction of sp³-hybridized carbons (Fsp3) is 0.500. The molecule has 2 rings (SSSR count). The van der Waals surface area contributed by atoms with E-state index in [2.05, 4.69) is 10.6 Å². The maximum atomic E-state index is 12.1. The minimum absolute atomic E-state index is 0.0142. The van der Waals surface area contributed by atoms with Crippen molar-refractivity contribution in [3.63, 3.8) is 0 Å². The summed E-state index contributed by atoms with van der Waals surface area (Å²) in [6.45, 7) is 3.69. The van der Waals surface area contributed by atoms with Crippen LogP contribution in [0.5, 0.6) is 0 Å². The molecule has 114 valence electrons. The van der Waals surface area contributed by atoms with Crippen LogP contribution in [0.1, 0.15) is 33.1 Å². The van der Waals surface area contributed by atoms with Gasteiger partial charge < -0.3 is 16.4 Å². The lowest BCUT2D eigenvalue weighted by Crippen LogP contribution is -2.23. The molecular weight excluding hydrogens is 266 g/mol. The van der Waals surface area contributed by atoms with Crippen molar-refractivity contribution in [2.75, 3.05) is 10.6 Å². The molecule has 1 aliphatic carbocycles. The Kier molecular flexibility index (Phi) is 4.96. The first-order chi connectivity index (χ1) is 9.95. The molecule has 0 spiro atoms. The van der Waals surface area contributed by atoms with E-state index in [1.54, 1.807) is 24.3 Å². The normalized spacial score (nSPS) is 21.3. The first-order valence-corrected chi connectivity index (χ1v) is 7.43. The Morgan fingerprint density at radius 2 is 1.67 bits per heavy atom. The molecule has 4 N–H and O–H groups in total. The van der Waals surface area contributed by atoms with Gasteiger partial charge in [-0.25, -0.2) is 0 Å². The highest BCUT2D eigenvalue weighted by atomic mass is 16.2. The van der Waals surface area contributed by atoms with Crippen LogP contribution in [0.4, 0.5) is 11.4 Å². The molecule has 0 bridgehead atoms. The molecule has 0 aromatic heterocycles. The molecule has 1 aliphatic rings. The molecule has 2 unspecified atom stereocenters. The summed E-state index contributed by atoms with van der Waals surface area (Å²) in [6.07, 6.45) is 2.53. The molecular formula is C16H23N3O2. The Morgan fingerprint density at radius 3 is 2.14 bits per heavy atom. The molecule has 5 nitrogen and oxygen atoms in total. The molecule has 0 radical (unpaired) electrons. The number of benzene rings is 1. The minimum atomic E-state index is -0.0593. The van der Waals surface area contributed by atoms with Crippen LogP contribution in [0.15, 0.2) is 24.3 Å². The number of amides is 2. The summed E-state index contributed by atoms with van der Waals surface area (Å²) in [5, 5.41) is 5.72. The van der Waals surface area contributed by atoms with Crippen molar-refractivity contribution >= 4 is 23.2 Å². The number of nitrogens with two attached hydrogens (primary N) is 1. The first-order valence-electron chi connectivity index (χ1n) is 7.43. The predicted octanol–water partition coefficient (Wildman–Crippen LogP) is 2.35. The van der Waals surface area contributed by atoms with E-state index >= 15 is 0 Å². The Hall–Kier alpha value is -1.88. The third kappa shape index (κ3) is 4.29. The minimum Gasteiger partial charge on any atom is -0.328 e. The largest absolute Gasteiger partial charge is 0.328 e. The van der Waals surface area contributed by atoms with Gasteiger partial charge in [-0.3, -0.25) is 9.59 Å². The summed E-state index contributed by atoms with van der Waals surface area (Å²) in [5.41, 5.74) is 7.30. The summed E-state index contributed by atoms with van der Waals surface area (Å²) in [4.78, 5) is 23.7. The van der Waals surface area contributed by atoms with E-state index in [1.807, 2.05) is 13.8 Å². The molecule has 1 aromatic carbocycles. The van der Waals surface area contributed by atoms with Gasteiger partial charge >= 0.3 is 0 Å². The zero-order valence-electron chi connectivity index (χ0n) is 12.6. The van der Waals surface area contributed by atoms with Crippen molar-refractivity contribution in [3.8, 4) is 0 Å². The van der Waals surface area contributed by atoms with Crippen molar-refractivity contribution in [1.82, 2.24) is 0 Å². The zero-order chi connectivity index (χ0) is 15.4. The van der Waals surface area contributed by atoms with E-state index in [0.29, 0.717) is 0 Å². The van der Waals surface area contributed by atoms with Gasteiger partial charge in [0.05, 0.1) is 0 Å². The molecule has 2 atom stereocenters. The van der Waals surface area contributed by atoms with Crippen LogP contribution in [0.3, 0.4) is 0 Å². The van der Waals surface area contributed by atoms with Gasteiger partial charge in [0.15, 0.2) is 0 Å². The van der Waals surface area contributed by atoms with Gasteiger partial charge in [-0.1, -0.05) is 13.8 Å². The number of hydrogen-bond acceptors (Lipinski definition) is 3. The second-order valence-corrected chi connectivity index (χ2v) is 5.98. The Bertz CT molecular complexity index is 511.